The molecule has 2 unspecified atom stereocenters. The molecule has 1 aliphatic rings. The Morgan fingerprint density at radius 1 is 1.50 bits per heavy atom. The highest BCUT2D eigenvalue weighted by Crippen LogP contribution is 2.32. The number of hydroxylamine groups is 3. The number of hydrogen-bond donors (Lipinski definition) is 0. The van der Waals surface area contributed by atoms with E-state index in [9.17, 15) is 21.6 Å². The third-order valence-corrected chi connectivity index (χ3v) is 4.11. The van der Waals surface area contributed by atoms with Crippen LogP contribution in [-0.2, 0) is 14.4 Å². The lowest BCUT2D eigenvalue weighted by atomic mass is 10.6. The van der Waals surface area contributed by atoms with Crippen molar-refractivity contribution in [2.24, 2.45) is 0 Å². The van der Waals surface area contributed by atoms with Crippen molar-refractivity contribution < 1.29 is 30.5 Å². The summed E-state index contributed by atoms with van der Waals surface area (Å²) in [5, 5.41) is 0. The van der Waals surface area contributed by atoms with Crippen LogP contribution in [-0.4, -0.2) is 56.3 Å². The molecular formula is C6H11ClF3N2O3S+. The van der Waals surface area contributed by atoms with Crippen molar-refractivity contribution >= 4 is 21.7 Å². The molecule has 0 bridgehead atoms. The molecular weight excluding hydrogens is 273 g/mol. The molecule has 2 atom stereocenters. The molecule has 5 nitrogen and oxygen atoms in total. The lowest BCUT2D eigenvalue weighted by Gasteiger charge is -2.28. The Hall–Kier alpha value is -0.0900. The second-order valence-electron chi connectivity index (χ2n) is 3.66. The molecule has 0 aromatic carbocycles. The highest BCUT2D eigenvalue weighted by Gasteiger charge is 2.56. The van der Waals surface area contributed by atoms with E-state index in [2.05, 4.69) is 4.28 Å². The summed E-state index contributed by atoms with van der Waals surface area (Å²) in [5.74, 6) is 0. The van der Waals surface area contributed by atoms with Crippen LogP contribution in [0.15, 0.2) is 0 Å². The van der Waals surface area contributed by atoms with E-state index in [-0.39, 0.29) is 6.54 Å². The summed E-state index contributed by atoms with van der Waals surface area (Å²) in [6, 6.07) is 0. The Morgan fingerprint density at radius 3 is 2.31 bits per heavy atom. The number of halogens is 4. The van der Waals surface area contributed by atoms with Crippen LogP contribution in [0, 0.1) is 0 Å². The van der Waals surface area contributed by atoms with Gasteiger partial charge in [-0.3, -0.25) is 0 Å². The topological polar surface area (TPSA) is 46.6 Å². The van der Waals surface area contributed by atoms with Crippen LogP contribution < -0.4 is 0 Å². The first kappa shape index (κ1) is 14.0. The molecule has 0 spiro atoms. The van der Waals surface area contributed by atoms with E-state index in [4.69, 9.17) is 11.6 Å². The van der Waals surface area contributed by atoms with Crippen molar-refractivity contribution in [3.8, 4) is 0 Å². The predicted octanol–water partition coefficient (Wildman–Crippen LogP) is 0.682. The van der Waals surface area contributed by atoms with Gasteiger partial charge in [-0.25, -0.2) is 4.90 Å². The van der Waals surface area contributed by atoms with Crippen LogP contribution in [0.1, 0.15) is 0 Å². The minimum atomic E-state index is -5.63. The van der Waals surface area contributed by atoms with Gasteiger partial charge < -0.3 is 0 Å². The van der Waals surface area contributed by atoms with Gasteiger partial charge in [0.05, 0.1) is 6.54 Å². The summed E-state index contributed by atoms with van der Waals surface area (Å²) in [7, 11) is -2.89. The van der Waals surface area contributed by atoms with Crippen molar-refractivity contribution in [3.05, 3.63) is 0 Å². The third-order valence-electron chi connectivity index (χ3n) is 2.26. The maximum absolute atomic E-state index is 12.1. The zero-order valence-electron chi connectivity index (χ0n) is 8.53. The molecule has 1 aliphatic heterocycles. The predicted molar refractivity (Wildman–Crippen MR) is 49.4 cm³/mol. The smallest absolute Gasteiger partial charge is 0.235 e. The fourth-order valence-corrected chi connectivity index (χ4v) is 2.30. The van der Waals surface area contributed by atoms with Crippen molar-refractivity contribution in [1.82, 2.24) is 4.90 Å². The number of alkyl halides is 4. The summed E-state index contributed by atoms with van der Waals surface area (Å²) in [5.41, 5.74) is -6.41. The number of hydrogen-bond acceptors (Lipinski definition) is 4. The van der Waals surface area contributed by atoms with Crippen molar-refractivity contribution in [2.75, 3.05) is 27.2 Å². The first-order valence-electron chi connectivity index (χ1n) is 4.22. The zero-order valence-corrected chi connectivity index (χ0v) is 10.1. The quantitative estimate of drug-likeness (QED) is 0.324. The summed E-state index contributed by atoms with van der Waals surface area (Å²) in [6.45, 7) is 0.401. The first-order valence-corrected chi connectivity index (χ1v) is 6.06. The lowest BCUT2D eigenvalue weighted by molar-refractivity contribution is -1.07. The highest BCUT2D eigenvalue weighted by atomic mass is 35.5. The molecule has 0 N–H and O–H groups in total. The molecule has 0 saturated carbocycles. The molecule has 1 heterocycles. The monoisotopic (exact) mass is 283 g/mol. The number of nitrogens with zero attached hydrogens (tertiary/aromatic N) is 2. The van der Waals surface area contributed by atoms with Gasteiger partial charge in [0.25, 0.3) is 5.62 Å². The largest absolute Gasteiger partial charge is 0.528 e. The van der Waals surface area contributed by atoms with Gasteiger partial charge in [-0.1, -0.05) is 4.28 Å². The summed E-state index contributed by atoms with van der Waals surface area (Å²) in [6.07, 6.45) is 0. The second kappa shape index (κ2) is 3.98. The zero-order chi connectivity index (χ0) is 12.8. The highest BCUT2D eigenvalue weighted by molar-refractivity contribution is 7.87. The molecule has 1 saturated heterocycles. The van der Waals surface area contributed by atoms with Gasteiger partial charge in [0.15, 0.2) is 0 Å². The van der Waals surface area contributed by atoms with Crippen LogP contribution in [0.2, 0.25) is 0 Å². The number of quaternary nitrogens is 1. The van der Waals surface area contributed by atoms with Crippen molar-refractivity contribution in [1.29, 1.82) is 0 Å². The van der Waals surface area contributed by atoms with E-state index >= 15 is 0 Å². The van der Waals surface area contributed by atoms with Crippen LogP contribution in [0.4, 0.5) is 13.2 Å². The van der Waals surface area contributed by atoms with Crippen LogP contribution in [0.3, 0.4) is 0 Å². The Morgan fingerprint density at radius 2 is 2.00 bits per heavy atom. The Balaban J connectivity index is 2.91. The van der Waals surface area contributed by atoms with E-state index in [1.165, 1.54) is 11.9 Å². The van der Waals surface area contributed by atoms with Crippen LogP contribution in [0.5, 0.6) is 0 Å². The maximum Gasteiger partial charge on any atom is 0.528 e. The average molecular weight is 284 g/mol. The van der Waals surface area contributed by atoms with E-state index < -0.39 is 25.9 Å². The second-order valence-corrected chi connectivity index (χ2v) is 5.57. The van der Waals surface area contributed by atoms with Gasteiger partial charge in [-0.2, -0.15) is 21.6 Å². The van der Waals surface area contributed by atoms with Gasteiger partial charge in [-0.05, 0) is 18.6 Å². The van der Waals surface area contributed by atoms with E-state index in [1.54, 1.807) is 7.05 Å². The van der Waals surface area contributed by atoms with Crippen LogP contribution in [0.25, 0.3) is 0 Å². The first-order chi connectivity index (χ1) is 7.00. The fraction of sp³-hybridized carbons (Fsp3) is 1.00. The van der Waals surface area contributed by atoms with E-state index in [0.717, 1.165) is 0 Å². The van der Waals surface area contributed by atoms with Crippen molar-refractivity contribution in [2.45, 2.75) is 11.1 Å². The molecule has 1 rings (SSSR count). The minimum absolute atomic E-state index is 0.0555. The minimum Gasteiger partial charge on any atom is -0.235 e. The Labute approximate surface area is 96.0 Å². The molecule has 10 heteroatoms. The van der Waals surface area contributed by atoms with Crippen molar-refractivity contribution in [3.63, 3.8) is 0 Å². The average Bonchev–Trinajstić information content (AvgIpc) is 2.31. The fourth-order valence-electron chi connectivity index (χ4n) is 1.33. The van der Waals surface area contributed by atoms with Gasteiger partial charge in [-0.15, -0.1) is 4.65 Å². The van der Waals surface area contributed by atoms with Gasteiger partial charge >= 0.3 is 15.6 Å². The van der Waals surface area contributed by atoms with E-state index in [1.807, 2.05) is 0 Å². The Bertz CT molecular complexity index is 374. The maximum atomic E-state index is 12.1. The van der Waals surface area contributed by atoms with Gasteiger partial charge in [0.1, 0.15) is 13.6 Å². The standard InChI is InChI=1S/C6H11ClF3N2O3S/c1-11-3-4-12(2,5(11)7)15-16(13,14)6(8,9)10/h5H,3-4H2,1-2H3/q+1. The van der Waals surface area contributed by atoms with Crippen LogP contribution >= 0.6 is 11.6 Å². The van der Waals surface area contributed by atoms with Gasteiger partial charge in [0, 0.05) is 0 Å². The molecule has 0 amide bonds. The third kappa shape index (κ3) is 2.43. The summed E-state index contributed by atoms with van der Waals surface area (Å²) in [4.78, 5) is 1.49. The molecule has 0 radical (unpaired) electrons. The Kier molecular flexibility index (Phi) is 3.48. The van der Waals surface area contributed by atoms with Gasteiger partial charge in [0.2, 0.25) is 0 Å². The molecule has 16 heavy (non-hydrogen) atoms. The molecule has 96 valence electrons. The molecule has 1 fully saturated rings. The lowest BCUT2D eigenvalue weighted by Crippen LogP contribution is -2.51. The molecule has 0 aromatic rings. The number of rotatable bonds is 2. The normalized spacial score (nSPS) is 33.2. The summed E-state index contributed by atoms with van der Waals surface area (Å²) < 4.78 is 61.3. The number of likely N-dealkylation sites (N-methyl/N-ethyl adjacent to an activating group) is 2. The summed E-state index contributed by atoms with van der Waals surface area (Å²) >= 11 is 5.77. The molecule has 0 aliphatic carbocycles. The SMILES string of the molecule is CN1CC[N+](C)(OS(=O)(=O)C(F)(F)F)C1Cl. The molecule has 0 aromatic heterocycles. The van der Waals surface area contributed by atoms with E-state index in [0.29, 0.717) is 6.54 Å².